The molecule has 1 aliphatic rings. The maximum atomic E-state index is 13.5. The van der Waals surface area contributed by atoms with E-state index in [1.54, 1.807) is 0 Å². The highest BCUT2D eigenvalue weighted by Crippen LogP contribution is 2.33. The lowest BCUT2D eigenvalue weighted by molar-refractivity contribution is 0.00460. The van der Waals surface area contributed by atoms with Gasteiger partial charge in [0.25, 0.3) is 0 Å². The molecule has 3 aromatic rings. The van der Waals surface area contributed by atoms with E-state index in [1.807, 2.05) is 39.0 Å². The minimum absolute atomic E-state index is 0. The zero-order chi connectivity index (χ0) is 21.6. The van der Waals surface area contributed by atoms with Crippen LogP contribution in [0.5, 0.6) is 0 Å². The maximum absolute atomic E-state index is 13.5. The van der Waals surface area contributed by atoms with Gasteiger partial charge in [0.2, 0.25) is 5.62 Å². The molecule has 1 saturated heterocycles. The van der Waals surface area contributed by atoms with Crippen molar-refractivity contribution in [3.8, 4) is 5.69 Å². The molecule has 0 spiro atoms. The number of nitrogens with zero attached hydrogens (tertiary/aromatic N) is 4. The van der Waals surface area contributed by atoms with Gasteiger partial charge < -0.3 is 10.0 Å². The first-order chi connectivity index (χ1) is 14.1. The van der Waals surface area contributed by atoms with E-state index in [-0.39, 0.29) is 26.4 Å². The van der Waals surface area contributed by atoms with Crippen LogP contribution in [0.15, 0.2) is 47.7 Å². The summed E-state index contributed by atoms with van der Waals surface area (Å²) in [7, 11) is 0. The van der Waals surface area contributed by atoms with Crippen molar-refractivity contribution in [1.82, 2.24) is 14.8 Å². The molecule has 8 heteroatoms. The highest BCUT2D eigenvalue weighted by molar-refractivity contribution is 5.59. The number of aromatic nitrogens is 3. The second-order valence-electron chi connectivity index (χ2n) is 8.00. The van der Waals surface area contributed by atoms with E-state index in [4.69, 9.17) is 1.37 Å². The predicted octanol–water partition coefficient (Wildman–Crippen LogP) is 3.72. The monoisotopic (exact) mass is 404 g/mol. The molecule has 156 valence electrons. The Bertz CT molecular complexity index is 1150. The van der Waals surface area contributed by atoms with Crippen molar-refractivity contribution in [3.63, 3.8) is 0 Å². The first-order valence-electron chi connectivity index (χ1n) is 9.84. The highest BCUT2D eigenvalue weighted by Gasteiger charge is 2.37. The van der Waals surface area contributed by atoms with Crippen molar-refractivity contribution in [2.45, 2.75) is 26.4 Å². The highest BCUT2D eigenvalue weighted by atomic mass is 19.1. The fourth-order valence-corrected chi connectivity index (χ4v) is 3.34. The van der Waals surface area contributed by atoms with Crippen molar-refractivity contribution in [3.05, 3.63) is 65.5 Å². The molecule has 0 atom stereocenters. The van der Waals surface area contributed by atoms with E-state index in [0.717, 1.165) is 47.2 Å². The van der Waals surface area contributed by atoms with Crippen LogP contribution in [0.4, 0.5) is 20.2 Å². The van der Waals surface area contributed by atoms with Crippen LogP contribution in [-0.2, 0) is 0 Å². The summed E-state index contributed by atoms with van der Waals surface area (Å²) < 4.78 is 36.2. The molecule has 0 saturated carbocycles. The van der Waals surface area contributed by atoms with E-state index < -0.39 is 17.2 Å². The minimum atomic E-state index is -0.743. The number of halogens is 2. The lowest BCUT2D eigenvalue weighted by Gasteiger charge is -2.46. The number of rotatable bonds is 4. The van der Waals surface area contributed by atoms with Crippen molar-refractivity contribution in [2.75, 3.05) is 18.0 Å². The largest absolute Gasteiger partial charge is 0.390 e. The van der Waals surface area contributed by atoms with Gasteiger partial charge in [-0.1, -0.05) is 0 Å². The zero-order valence-corrected chi connectivity index (χ0v) is 16.4. The molecule has 4 rings (SSSR count). The minimum Gasteiger partial charge on any atom is -0.390 e. The van der Waals surface area contributed by atoms with Crippen LogP contribution >= 0.6 is 0 Å². The molecule has 0 unspecified atom stereocenters. The molecule has 0 aliphatic carbocycles. The van der Waals surface area contributed by atoms with E-state index in [0.29, 0.717) is 5.69 Å². The van der Waals surface area contributed by atoms with Crippen molar-refractivity contribution < 1.29 is 18.1 Å². The summed E-state index contributed by atoms with van der Waals surface area (Å²) in [6.07, 6.45) is -0.220. The van der Waals surface area contributed by atoms with Crippen LogP contribution in [-0.4, -0.2) is 38.6 Å². The lowest BCUT2D eigenvalue weighted by atomic mass is 9.84. The van der Waals surface area contributed by atoms with Gasteiger partial charge in [0.15, 0.2) is 0 Å². The number of H-pyrrole nitrogens is 1. The van der Waals surface area contributed by atoms with Gasteiger partial charge in [-0.15, -0.1) is 0 Å². The molecule has 2 aromatic carbocycles. The van der Waals surface area contributed by atoms with E-state index in [1.165, 1.54) is 0 Å². The van der Waals surface area contributed by atoms with Crippen molar-refractivity contribution >= 4 is 11.4 Å². The zero-order valence-electron chi connectivity index (χ0n) is 17.4. The molecule has 0 bridgehead atoms. The Morgan fingerprint density at radius 2 is 1.86 bits per heavy atom. The molecule has 29 heavy (non-hydrogen) atoms. The summed E-state index contributed by atoms with van der Waals surface area (Å²) in [6, 6.07) is 8.82. The first-order valence-corrected chi connectivity index (χ1v) is 9.34. The van der Waals surface area contributed by atoms with Crippen molar-refractivity contribution in [1.29, 1.82) is 0 Å². The van der Waals surface area contributed by atoms with Crippen LogP contribution < -0.4 is 10.5 Å². The number of aryl methyl sites for hydroxylation is 1. The summed E-state index contributed by atoms with van der Waals surface area (Å²) in [5.41, 5.74) is 2.20. The molecule has 1 fully saturated rings. The third kappa shape index (κ3) is 4.22. The summed E-state index contributed by atoms with van der Waals surface area (Å²) in [4.78, 5) is 10.7. The Labute approximate surface area is 171 Å². The first kappa shape index (κ1) is 18.1. The summed E-state index contributed by atoms with van der Waals surface area (Å²) in [5.74, 6) is -1.28. The van der Waals surface area contributed by atoms with Gasteiger partial charge in [0.1, 0.15) is 19.3 Å². The Balaban J connectivity index is 0.00000181. The normalized spacial score (nSPS) is 16.1. The molecular formula is C21H27F2N5O. The quantitative estimate of drug-likeness (QED) is 0.696. The van der Waals surface area contributed by atoms with E-state index >= 15 is 0 Å². The van der Waals surface area contributed by atoms with E-state index in [9.17, 15) is 13.9 Å². The van der Waals surface area contributed by atoms with Gasteiger partial charge in [0.05, 0.1) is 17.0 Å². The number of nitrogens with one attached hydrogen (secondary N) is 1. The topological polar surface area (TPSA) is 69.4 Å². The third-order valence-electron chi connectivity index (χ3n) is 5.10. The average molecular weight is 404 g/mol. The summed E-state index contributed by atoms with van der Waals surface area (Å²) in [5, 5.41) is 12.9. The second kappa shape index (κ2) is 7.11. The fraction of sp³-hybridized carbons (Fsp3) is 0.333. The van der Waals surface area contributed by atoms with Gasteiger partial charge in [-0.3, -0.25) is 5.10 Å². The molecule has 2 N–H and O–H groups in total. The second-order valence-corrected chi connectivity index (χ2v) is 8.00. The van der Waals surface area contributed by atoms with E-state index in [2.05, 4.69) is 20.0 Å². The third-order valence-corrected chi connectivity index (χ3v) is 5.10. The van der Waals surface area contributed by atoms with Gasteiger partial charge in [-0.05, 0) is 56.7 Å². The number of anilines is 1. The molecule has 1 aromatic heterocycles. The predicted molar refractivity (Wildman–Crippen MR) is 110 cm³/mol. The fourth-order valence-electron chi connectivity index (χ4n) is 3.34. The van der Waals surface area contributed by atoms with Gasteiger partial charge in [0, 0.05) is 33.6 Å². The van der Waals surface area contributed by atoms with Crippen LogP contribution in [0.2, 0.25) is 0 Å². The number of aromatic amines is 1. The number of aliphatic hydroxyl groups is 1. The van der Waals surface area contributed by atoms with Crippen LogP contribution in [0, 0.1) is 24.5 Å². The number of hydrogen-bond donors (Lipinski definition) is 2. The Morgan fingerprint density at radius 1 is 1.17 bits per heavy atom. The van der Waals surface area contributed by atoms with Crippen molar-refractivity contribution in [2.24, 2.45) is 10.9 Å². The SMILES string of the molecule is [2H]c1nc(=Nc2cc(C)cc(N3CC(C(C)(C)O)C3)c2)[nH]n1-c1cc(F)cc(F)c1.[HH].[HH]. The lowest BCUT2D eigenvalue weighted by Crippen LogP contribution is -2.55. The summed E-state index contributed by atoms with van der Waals surface area (Å²) >= 11 is 0. The molecule has 0 amide bonds. The maximum Gasteiger partial charge on any atom is 0.244 e. The summed E-state index contributed by atoms with van der Waals surface area (Å²) in [6.45, 7) is 7.12. The average Bonchev–Trinajstić information content (AvgIpc) is 2.91. The Morgan fingerprint density at radius 3 is 2.52 bits per heavy atom. The molecule has 6 nitrogen and oxygen atoms in total. The number of hydrogen-bond acceptors (Lipinski definition) is 4. The van der Waals surface area contributed by atoms with Crippen LogP contribution in [0.1, 0.15) is 23.6 Å². The molecular weight excluding hydrogens is 376 g/mol. The standard InChI is InChI=1S/C21H23F2N5O.2H2/c1-13-4-17(9-18(5-13)27-10-14(11-27)21(2,3)29)25-20-24-12-28(26-20)19-7-15(22)6-16(23)8-19;;/h4-9,12,14,29H,10-11H2,1-3H3,(H,25,26);2*1H/i12D;;. The smallest absolute Gasteiger partial charge is 0.244 e. The van der Waals surface area contributed by atoms with Crippen LogP contribution in [0.3, 0.4) is 0 Å². The van der Waals surface area contributed by atoms with Gasteiger partial charge in [-0.2, -0.15) is 0 Å². The molecule has 1 aliphatic heterocycles. The Kier molecular flexibility index (Phi) is 4.43. The van der Waals surface area contributed by atoms with Crippen LogP contribution in [0.25, 0.3) is 5.69 Å². The van der Waals surface area contributed by atoms with Gasteiger partial charge >= 0.3 is 0 Å². The van der Waals surface area contributed by atoms with Gasteiger partial charge in [-0.25, -0.2) is 23.4 Å². The molecule has 2 heterocycles. The Hall–Kier alpha value is -3.00. The number of benzene rings is 2. The molecule has 0 radical (unpaired) electrons.